The van der Waals surface area contributed by atoms with Crippen molar-refractivity contribution in [2.75, 3.05) is 7.05 Å². The van der Waals surface area contributed by atoms with Gasteiger partial charge in [0.1, 0.15) is 0 Å². The summed E-state index contributed by atoms with van der Waals surface area (Å²) in [6, 6.07) is 5.68. The molecule has 0 bridgehead atoms. The first kappa shape index (κ1) is 14.5. The molecule has 0 spiro atoms. The molecular formula is C15H21N3O2. The van der Waals surface area contributed by atoms with Crippen LogP contribution in [-0.2, 0) is 16.1 Å². The van der Waals surface area contributed by atoms with Crippen molar-refractivity contribution >= 4 is 11.8 Å². The molecule has 0 saturated heterocycles. The molecule has 20 heavy (non-hydrogen) atoms. The molecule has 2 amide bonds. The highest BCUT2D eigenvalue weighted by molar-refractivity contribution is 6.34. The third-order valence-electron chi connectivity index (χ3n) is 3.79. The smallest absolute Gasteiger partial charge is 0.311 e. The molecule has 1 fully saturated rings. The summed E-state index contributed by atoms with van der Waals surface area (Å²) in [5.74, 6) is -1.00. The van der Waals surface area contributed by atoms with Crippen LogP contribution in [0.25, 0.3) is 0 Å². The van der Waals surface area contributed by atoms with Crippen LogP contribution in [0.1, 0.15) is 37.8 Å². The van der Waals surface area contributed by atoms with Crippen LogP contribution in [0.2, 0.25) is 0 Å². The summed E-state index contributed by atoms with van der Waals surface area (Å²) in [7, 11) is 1.72. The zero-order valence-electron chi connectivity index (χ0n) is 11.8. The van der Waals surface area contributed by atoms with E-state index in [4.69, 9.17) is 0 Å². The molecule has 1 aromatic rings. The minimum atomic E-state index is -0.552. The van der Waals surface area contributed by atoms with Gasteiger partial charge in [0.05, 0.1) is 12.2 Å². The van der Waals surface area contributed by atoms with Crippen LogP contribution in [0, 0.1) is 0 Å². The van der Waals surface area contributed by atoms with Gasteiger partial charge in [-0.05, 0) is 25.0 Å². The lowest BCUT2D eigenvalue weighted by atomic mass is 9.94. The van der Waals surface area contributed by atoms with E-state index in [-0.39, 0.29) is 12.6 Å². The summed E-state index contributed by atoms with van der Waals surface area (Å²) < 4.78 is 0. The molecule has 1 N–H and O–H groups in total. The van der Waals surface area contributed by atoms with Crippen molar-refractivity contribution in [3.05, 3.63) is 30.1 Å². The van der Waals surface area contributed by atoms with Gasteiger partial charge in [-0.1, -0.05) is 25.3 Å². The van der Waals surface area contributed by atoms with E-state index >= 15 is 0 Å². The first-order valence-corrected chi connectivity index (χ1v) is 7.13. The summed E-state index contributed by atoms with van der Waals surface area (Å²) in [5, 5.41) is 2.63. The number of carbonyl (C=O) groups excluding carboxylic acids is 2. The van der Waals surface area contributed by atoms with Crippen molar-refractivity contribution in [2.24, 2.45) is 0 Å². The van der Waals surface area contributed by atoms with E-state index in [1.807, 2.05) is 18.2 Å². The summed E-state index contributed by atoms with van der Waals surface area (Å²) in [6.45, 7) is 0.282. The number of hydrogen-bond acceptors (Lipinski definition) is 3. The molecule has 1 saturated carbocycles. The Labute approximate surface area is 119 Å². The minimum absolute atomic E-state index is 0.205. The maximum absolute atomic E-state index is 12.1. The Hall–Kier alpha value is -1.91. The van der Waals surface area contributed by atoms with Gasteiger partial charge >= 0.3 is 11.8 Å². The number of carbonyl (C=O) groups is 2. The van der Waals surface area contributed by atoms with Crippen molar-refractivity contribution < 1.29 is 9.59 Å². The summed E-state index contributed by atoms with van der Waals surface area (Å²) in [5.41, 5.74) is 0.744. The molecular weight excluding hydrogens is 254 g/mol. The molecule has 2 rings (SSSR count). The maximum atomic E-state index is 12.1. The van der Waals surface area contributed by atoms with E-state index in [1.165, 1.54) is 6.42 Å². The van der Waals surface area contributed by atoms with Crippen molar-refractivity contribution in [3.8, 4) is 0 Å². The van der Waals surface area contributed by atoms with Crippen molar-refractivity contribution in [1.29, 1.82) is 0 Å². The van der Waals surface area contributed by atoms with E-state index in [2.05, 4.69) is 10.3 Å². The Kier molecular flexibility index (Phi) is 5.09. The monoisotopic (exact) mass is 275 g/mol. The summed E-state index contributed by atoms with van der Waals surface area (Å²) in [4.78, 5) is 29.6. The molecule has 0 unspecified atom stereocenters. The molecule has 5 nitrogen and oxygen atoms in total. The third kappa shape index (κ3) is 3.79. The lowest BCUT2D eigenvalue weighted by molar-refractivity contribution is -0.146. The second-order valence-electron chi connectivity index (χ2n) is 5.21. The summed E-state index contributed by atoms with van der Waals surface area (Å²) >= 11 is 0. The van der Waals surface area contributed by atoms with Crippen LogP contribution < -0.4 is 5.32 Å². The number of aromatic nitrogens is 1. The largest absolute Gasteiger partial charge is 0.342 e. The SMILES string of the molecule is CN(C(=O)C(=O)NCc1ccccn1)C1CCCCC1. The van der Waals surface area contributed by atoms with Crippen LogP contribution in [-0.4, -0.2) is 34.8 Å². The Morgan fingerprint density at radius 1 is 1.30 bits per heavy atom. The molecule has 1 aliphatic carbocycles. The van der Waals surface area contributed by atoms with Gasteiger partial charge < -0.3 is 10.2 Å². The van der Waals surface area contributed by atoms with E-state index in [1.54, 1.807) is 18.1 Å². The van der Waals surface area contributed by atoms with Gasteiger partial charge in [0, 0.05) is 19.3 Å². The van der Waals surface area contributed by atoms with Gasteiger partial charge in [-0.3, -0.25) is 14.6 Å². The van der Waals surface area contributed by atoms with Gasteiger partial charge in [0.15, 0.2) is 0 Å². The van der Waals surface area contributed by atoms with Gasteiger partial charge in [0.2, 0.25) is 0 Å². The molecule has 5 heteroatoms. The second-order valence-corrected chi connectivity index (χ2v) is 5.21. The molecule has 0 aliphatic heterocycles. The molecule has 1 aromatic heterocycles. The fourth-order valence-corrected chi connectivity index (χ4v) is 2.54. The third-order valence-corrected chi connectivity index (χ3v) is 3.79. The number of nitrogens with one attached hydrogen (secondary N) is 1. The van der Waals surface area contributed by atoms with Gasteiger partial charge in [-0.15, -0.1) is 0 Å². The van der Waals surface area contributed by atoms with Crippen LogP contribution in [0.15, 0.2) is 24.4 Å². The predicted octanol–water partition coefficient (Wildman–Crippen LogP) is 1.49. The molecule has 108 valence electrons. The fraction of sp³-hybridized carbons (Fsp3) is 0.533. The standard InChI is InChI=1S/C15H21N3O2/c1-18(13-8-3-2-4-9-13)15(20)14(19)17-11-12-7-5-6-10-16-12/h5-7,10,13H,2-4,8-9,11H2,1H3,(H,17,19). The van der Waals surface area contributed by atoms with Crippen LogP contribution in [0.4, 0.5) is 0 Å². The molecule has 1 aliphatic rings. The highest BCUT2D eigenvalue weighted by Crippen LogP contribution is 2.21. The zero-order chi connectivity index (χ0) is 14.4. The first-order chi connectivity index (χ1) is 9.68. The second kappa shape index (κ2) is 7.03. The molecule has 1 heterocycles. The van der Waals surface area contributed by atoms with Gasteiger partial charge in [-0.25, -0.2) is 0 Å². The quantitative estimate of drug-likeness (QED) is 0.850. The molecule has 0 aromatic carbocycles. The van der Waals surface area contributed by atoms with E-state index in [0.717, 1.165) is 31.4 Å². The minimum Gasteiger partial charge on any atom is -0.342 e. The van der Waals surface area contributed by atoms with Crippen molar-refractivity contribution in [1.82, 2.24) is 15.2 Å². The predicted molar refractivity (Wildman–Crippen MR) is 75.7 cm³/mol. The van der Waals surface area contributed by atoms with E-state index in [9.17, 15) is 9.59 Å². The normalized spacial score (nSPS) is 15.7. The number of hydrogen-bond donors (Lipinski definition) is 1. The lowest BCUT2D eigenvalue weighted by Gasteiger charge is -2.30. The molecule has 0 radical (unpaired) electrons. The van der Waals surface area contributed by atoms with Crippen LogP contribution in [0.5, 0.6) is 0 Å². The van der Waals surface area contributed by atoms with E-state index < -0.39 is 11.8 Å². The Bertz CT molecular complexity index is 455. The Morgan fingerprint density at radius 2 is 2.05 bits per heavy atom. The van der Waals surface area contributed by atoms with Crippen molar-refractivity contribution in [3.63, 3.8) is 0 Å². The number of nitrogens with zero attached hydrogens (tertiary/aromatic N) is 2. The zero-order valence-corrected chi connectivity index (χ0v) is 11.8. The highest BCUT2D eigenvalue weighted by Gasteiger charge is 2.26. The van der Waals surface area contributed by atoms with Crippen LogP contribution >= 0.6 is 0 Å². The van der Waals surface area contributed by atoms with Crippen LogP contribution in [0.3, 0.4) is 0 Å². The average Bonchev–Trinajstić information content (AvgIpc) is 2.53. The van der Waals surface area contributed by atoms with Gasteiger partial charge in [-0.2, -0.15) is 0 Å². The number of rotatable bonds is 3. The molecule has 0 atom stereocenters. The lowest BCUT2D eigenvalue weighted by Crippen LogP contribution is -2.46. The topological polar surface area (TPSA) is 62.3 Å². The maximum Gasteiger partial charge on any atom is 0.311 e. The highest BCUT2D eigenvalue weighted by atomic mass is 16.2. The summed E-state index contributed by atoms with van der Waals surface area (Å²) in [6.07, 6.45) is 7.16. The Balaban J connectivity index is 1.83. The van der Waals surface area contributed by atoms with Crippen molar-refractivity contribution in [2.45, 2.75) is 44.7 Å². The van der Waals surface area contributed by atoms with E-state index in [0.29, 0.717) is 0 Å². The number of amides is 2. The first-order valence-electron chi connectivity index (χ1n) is 7.13. The number of likely N-dealkylation sites (N-methyl/N-ethyl adjacent to an activating group) is 1. The Morgan fingerprint density at radius 3 is 2.70 bits per heavy atom. The van der Waals surface area contributed by atoms with Gasteiger partial charge in [0.25, 0.3) is 0 Å². The fourth-order valence-electron chi connectivity index (χ4n) is 2.54. The number of pyridine rings is 1. The average molecular weight is 275 g/mol.